The van der Waals surface area contributed by atoms with E-state index in [1.165, 1.54) is 9.91 Å². The molecule has 1 saturated heterocycles. The van der Waals surface area contributed by atoms with Crippen molar-refractivity contribution in [2.45, 2.75) is 38.4 Å². The number of nitrogens with zero attached hydrogens (tertiary/aromatic N) is 6. The molecular weight excluding hydrogens is 476 g/mol. The maximum Gasteiger partial charge on any atom is 0.263 e. The number of carbonyl (C=O) groups excluding carboxylic acids is 2. The number of benzene rings is 2. The maximum absolute atomic E-state index is 13.2. The SMILES string of the molecule is CC(C)c1ccc(N2C(=O)[C@@H]3N=NN(Cc4nc(-c5cccc(Br)c5)no4)[C@H]3C2=O)cc1. The first kappa shape index (κ1) is 20.5. The minimum absolute atomic E-state index is 0.0742. The number of fused-ring (bicyclic) bond motifs is 1. The standard InChI is InChI=1S/C22H19BrN6O3/c1-12(2)13-6-8-16(9-7-13)29-21(30)18-19(22(29)31)28(27-25-18)11-17-24-20(26-32-17)14-4-3-5-15(23)10-14/h3-10,12,18-19H,11H2,1-2H3/t18-,19-/m1/s1. The van der Waals surface area contributed by atoms with Gasteiger partial charge in [-0.05, 0) is 35.7 Å². The third-order valence-corrected chi connectivity index (χ3v) is 6.02. The van der Waals surface area contributed by atoms with Gasteiger partial charge in [0.25, 0.3) is 11.8 Å². The van der Waals surface area contributed by atoms with Gasteiger partial charge in [0.05, 0.1) is 5.69 Å². The molecule has 0 unspecified atom stereocenters. The Morgan fingerprint density at radius 3 is 2.59 bits per heavy atom. The summed E-state index contributed by atoms with van der Waals surface area (Å²) in [5, 5.41) is 13.5. The van der Waals surface area contributed by atoms with E-state index in [9.17, 15) is 9.59 Å². The minimum Gasteiger partial charge on any atom is -0.337 e. The lowest BCUT2D eigenvalue weighted by molar-refractivity contribution is -0.123. The monoisotopic (exact) mass is 494 g/mol. The molecule has 2 atom stereocenters. The van der Waals surface area contributed by atoms with E-state index in [1.54, 1.807) is 12.1 Å². The van der Waals surface area contributed by atoms with Crippen LogP contribution in [0.5, 0.6) is 0 Å². The van der Waals surface area contributed by atoms with Gasteiger partial charge in [-0.1, -0.05) is 64.4 Å². The lowest BCUT2D eigenvalue weighted by Crippen LogP contribution is -2.39. The summed E-state index contributed by atoms with van der Waals surface area (Å²) in [5.41, 5.74) is 2.45. The van der Waals surface area contributed by atoms with E-state index in [-0.39, 0.29) is 24.2 Å². The van der Waals surface area contributed by atoms with Gasteiger partial charge in [-0.3, -0.25) is 14.6 Å². The number of aromatic nitrogens is 2. The molecule has 0 radical (unpaired) electrons. The third-order valence-electron chi connectivity index (χ3n) is 5.52. The van der Waals surface area contributed by atoms with E-state index >= 15 is 0 Å². The highest BCUT2D eigenvalue weighted by Crippen LogP contribution is 2.33. The van der Waals surface area contributed by atoms with Gasteiger partial charge in [-0.25, -0.2) is 4.90 Å². The highest BCUT2D eigenvalue weighted by molar-refractivity contribution is 9.10. The summed E-state index contributed by atoms with van der Waals surface area (Å²) in [6, 6.07) is 13.2. The Kier molecular flexibility index (Phi) is 5.09. The predicted octanol–water partition coefficient (Wildman–Crippen LogP) is 4.12. The topological polar surface area (TPSA) is 104 Å². The first-order valence-electron chi connectivity index (χ1n) is 10.2. The summed E-state index contributed by atoms with van der Waals surface area (Å²) in [4.78, 5) is 31.6. The van der Waals surface area contributed by atoms with Gasteiger partial charge in [-0.15, -0.1) is 0 Å². The molecule has 0 spiro atoms. The van der Waals surface area contributed by atoms with Crippen molar-refractivity contribution in [3.05, 3.63) is 64.5 Å². The van der Waals surface area contributed by atoms with Crippen molar-refractivity contribution >= 4 is 33.4 Å². The number of carbonyl (C=O) groups is 2. The quantitative estimate of drug-likeness (QED) is 0.494. The predicted molar refractivity (Wildman–Crippen MR) is 118 cm³/mol. The fourth-order valence-corrected chi connectivity index (χ4v) is 4.22. The molecule has 9 nitrogen and oxygen atoms in total. The lowest BCUT2D eigenvalue weighted by atomic mass is 10.0. The molecule has 2 amide bonds. The number of hydrogen-bond acceptors (Lipinski definition) is 8. The van der Waals surface area contributed by atoms with Crippen molar-refractivity contribution in [1.29, 1.82) is 0 Å². The first-order valence-corrected chi connectivity index (χ1v) is 11.0. The summed E-state index contributed by atoms with van der Waals surface area (Å²) in [6.45, 7) is 4.25. The Labute approximate surface area is 192 Å². The second kappa shape index (κ2) is 7.94. The summed E-state index contributed by atoms with van der Waals surface area (Å²) >= 11 is 3.42. The summed E-state index contributed by atoms with van der Waals surface area (Å²) in [7, 11) is 0. The van der Waals surface area contributed by atoms with Gasteiger partial charge in [0, 0.05) is 10.0 Å². The number of halogens is 1. The average Bonchev–Trinajstić information content (AvgIpc) is 3.47. The van der Waals surface area contributed by atoms with E-state index in [0.29, 0.717) is 17.4 Å². The molecule has 10 heteroatoms. The average molecular weight is 495 g/mol. The smallest absolute Gasteiger partial charge is 0.263 e. The van der Waals surface area contributed by atoms with Gasteiger partial charge in [0.1, 0.15) is 6.54 Å². The van der Waals surface area contributed by atoms with Gasteiger partial charge < -0.3 is 4.52 Å². The second-order valence-corrected chi connectivity index (χ2v) is 8.89. The molecule has 3 aromatic rings. The maximum atomic E-state index is 13.2. The van der Waals surface area contributed by atoms with Crippen molar-refractivity contribution in [2.75, 3.05) is 4.90 Å². The first-order chi connectivity index (χ1) is 15.4. The highest BCUT2D eigenvalue weighted by atomic mass is 79.9. The molecule has 32 heavy (non-hydrogen) atoms. The molecule has 5 rings (SSSR count). The molecule has 2 aliphatic heterocycles. The van der Waals surface area contributed by atoms with Crippen molar-refractivity contribution < 1.29 is 14.1 Å². The van der Waals surface area contributed by atoms with E-state index in [0.717, 1.165) is 15.6 Å². The fraction of sp³-hybridized carbons (Fsp3) is 0.273. The van der Waals surface area contributed by atoms with E-state index in [1.807, 2.05) is 36.4 Å². The van der Waals surface area contributed by atoms with Gasteiger partial charge in [-0.2, -0.15) is 10.1 Å². The number of anilines is 1. The lowest BCUT2D eigenvalue weighted by Gasteiger charge is -2.19. The third kappa shape index (κ3) is 3.50. The van der Waals surface area contributed by atoms with Crippen molar-refractivity contribution in [3.8, 4) is 11.4 Å². The zero-order valence-corrected chi connectivity index (χ0v) is 18.9. The van der Waals surface area contributed by atoms with Gasteiger partial charge in [0.2, 0.25) is 11.7 Å². The Balaban J connectivity index is 1.35. The van der Waals surface area contributed by atoms with Gasteiger partial charge >= 0.3 is 0 Å². The Bertz CT molecular complexity index is 1220. The molecule has 162 valence electrons. The van der Waals surface area contributed by atoms with Crippen molar-refractivity contribution in [3.63, 3.8) is 0 Å². The molecule has 1 aromatic heterocycles. The van der Waals surface area contributed by atoms with Crippen molar-refractivity contribution in [1.82, 2.24) is 15.1 Å². The molecule has 3 heterocycles. The molecular formula is C22H19BrN6O3. The van der Waals surface area contributed by atoms with Crippen LogP contribution in [0.2, 0.25) is 0 Å². The number of rotatable bonds is 5. The number of hydrogen-bond donors (Lipinski definition) is 0. The highest BCUT2D eigenvalue weighted by Gasteiger charge is 2.55. The van der Waals surface area contributed by atoms with Crippen LogP contribution in [-0.2, 0) is 16.1 Å². The van der Waals surface area contributed by atoms with Crippen LogP contribution in [0, 0.1) is 0 Å². The zero-order valence-electron chi connectivity index (χ0n) is 17.3. The van der Waals surface area contributed by atoms with Crippen LogP contribution in [0.4, 0.5) is 5.69 Å². The minimum atomic E-state index is -0.875. The molecule has 0 bridgehead atoms. The summed E-state index contributed by atoms with van der Waals surface area (Å²) < 4.78 is 6.25. The Morgan fingerprint density at radius 2 is 1.88 bits per heavy atom. The van der Waals surface area contributed by atoms with E-state index < -0.39 is 12.1 Å². The molecule has 2 aromatic carbocycles. The van der Waals surface area contributed by atoms with Crippen LogP contribution >= 0.6 is 15.9 Å². The zero-order chi connectivity index (χ0) is 22.4. The fourth-order valence-electron chi connectivity index (χ4n) is 3.82. The van der Waals surface area contributed by atoms with Crippen molar-refractivity contribution in [2.24, 2.45) is 10.3 Å². The molecule has 1 fully saturated rings. The number of imide groups is 1. The molecule has 2 aliphatic rings. The molecule has 0 N–H and O–H groups in total. The van der Waals surface area contributed by atoms with E-state index in [4.69, 9.17) is 4.52 Å². The Hall–Kier alpha value is -3.40. The van der Waals surface area contributed by atoms with Crippen LogP contribution in [0.3, 0.4) is 0 Å². The largest absolute Gasteiger partial charge is 0.337 e. The summed E-state index contributed by atoms with van der Waals surface area (Å²) in [6.07, 6.45) is 0. The Morgan fingerprint density at radius 1 is 1.09 bits per heavy atom. The second-order valence-electron chi connectivity index (χ2n) is 7.97. The van der Waals surface area contributed by atoms with E-state index in [2.05, 4.69) is 50.3 Å². The van der Waals surface area contributed by atoms with Crippen LogP contribution in [-0.4, -0.2) is 39.0 Å². The van der Waals surface area contributed by atoms with Crippen LogP contribution in [0.15, 0.2) is 67.9 Å². The van der Waals surface area contributed by atoms with Crippen LogP contribution < -0.4 is 4.90 Å². The van der Waals surface area contributed by atoms with Gasteiger partial charge in [0.15, 0.2) is 12.1 Å². The normalized spacial score (nSPS) is 20.0. The number of amides is 2. The van der Waals surface area contributed by atoms with Crippen LogP contribution in [0.25, 0.3) is 11.4 Å². The summed E-state index contributed by atoms with van der Waals surface area (Å²) in [5.74, 6) is 0.307. The molecule has 0 saturated carbocycles. The molecule has 0 aliphatic carbocycles. The van der Waals surface area contributed by atoms with Crippen LogP contribution in [0.1, 0.15) is 31.2 Å².